The Labute approximate surface area is 89.1 Å². The number of unbranched alkanes of at least 4 members (excludes halogenated alkanes) is 1. The van der Waals surface area contributed by atoms with Crippen LogP contribution < -0.4 is 5.32 Å². The summed E-state index contributed by atoms with van der Waals surface area (Å²) >= 11 is 0. The zero-order valence-corrected chi connectivity index (χ0v) is 8.86. The molecule has 0 aromatic carbocycles. The van der Waals surface area contributed by atoms with Crippen molar-refractivity contribution in [2.75, 3.05) is 19.8 Å². The van der Waals surface area contributed by atoms with Crippen LogP contribution in [0.3, 0.4) is 0 Å². The second-order valence-electron chi connectivity index (χ2n) is 2.93. The number of carboxylic acids is 1. The molecule has 5 nitrogen and oxygen atoms in total. The van der Waals surface area contributed by atoms with Crippen molar-refractivity contribution in [2.24, 2.45) is 0 Å². The van der Waals surface area contributed by atoms with Crippen molar-refractivity contribution < 1.29 is 19.4 Å². The van der Waals surface area contributed by atoms with Crippen LogP contribution in [0, 0.1) is 0 Å². The van der Waals surface area contributed by atoms with E-state index in [2.05, 4.69) is 12.2 Å². The van der Waals surface area contributed by atoms with E-state index in [0.29, 0.717) is 19.8 Å². The van der Waals surface area contributed by atoms with Gasteiger partial charge >= 0.3 is 5.97 Å². The summed E-state index contributed by atoms with van der Waals surface area (Å²) in [6, 6.07) is 0. The van der Waals surface area contributed by atoms with Gasteiger partial charge in [-0.15, -0.1) is 0 Å². The number of carbonyl (C=O) groups is 2. The van der Waals surface area contributed by atoms with E-state index in [1.54, 1.807) is 0 Å². The second kappa shape index (κ2) is 9.21. The van der Waals surface area contributed by atoms with Gasteiger partial charge in [0.2, 0.25) is 5.91 Å². The summed E-state index contributed by atoms with van der Waals surface area (Å²) in [5.74, 6) is -1.55. The summed E-state index contributed by atoms with van der Waals surface area (Å²) in [5.41, 5.74) is 0. The Morgan fingerprint density at radius 1 is 1.33 bits per heavy atom. The standard InChI is InChI=1S/C10H17NO4/c1-2-3-7-15-8-6-11-9(12)4-5-10(13)14/h4-5H,2-3,6-8H2,1H3,(H,11,12)(H,13,14). The maximum absolute atomic E-state index is 10.9. The molecule has 0 spiro atoms. The Morgan fingerprint density at radius 2 is 2.07 bits per heavy atom. The molecule has 0 aliphatic carbocycles. The van der Waals surface area contributed by atoms with Gasteiger partial charge in [-0.2, -0.15) is 0 Å². The van der Waals surface area contributed by atoms with Crippen molar-refractivity contribution in [2.45, 2.75) is 19.8 Å². The smallest absolute Gasteiger partial charge is 0.328 e. The van der Waals surface area contributed by atoms with Crippen LogP contribution in [0.25, 0.3) is 0 Å². The molecular weight excluding hydrogens is 198 g/mol. The topological polar surface area (TPSA) is 75.6 Å². The molecule has 0 heterocycles. The molecule has 15 heavy (non-hydrogen) atoms. The molecule has 0 aliphatic heterocycles. The third-order valence-electron chi connectivity index (χ3n) is 1.57. The molecule has 0 atom stereocenters. The van der Waals surface area contributed by atoms with Gasteiger partial charge in [0.15, 0.2) is 0 Å². The minimum absolute atomic E-state index is 0.395. The predicted molar refractivity (Wildman–Crippen MR) is 55.5 cm³/mol. The van der Waals surface area contributed by atoms with Crippen molar-refractivity contribution in [3.05, 3.63) is 12.2 Å². The third-order valence-corrected chi connectivity index (χ3v) is 1.57. The zero-order valence-electron chi connectivity index (χ0n) is 8.86. The molecule has 0 aliphatic rings. The maximum atomic E-state index is 10.9. The number of rotatable bonds is 8. The van der Waals surface area contributed by atoms with E-state index >= 15 is 0 Å². The summed E-state index contributed by atoms with van der Waals surface area (Å²) in [6.07, 6.45) is 3.86. The highest BCUT2D eigenvalue weighted by Gasteiger charge is 1.95. The van der Waals surface area contributed by atoms with Gasteiger partial charge in [-0.25, -0.2) is 4.79 Å². The number of carboxylic acid groups (broad SMARTS) is 1. The quantitative estimate of drug-likeness (QED) is 0.458. The van der Waals surface area contributed by atoms with Gasteiger partial charge in [0, 0.05) is 25.3 Å². The Kier molecular flexibility index (Phi) is 8.37. The predicted octanol–water partition coefficient (Wildman–Crippen LogP) is 0.560. The van der Waals surface area contributed by atoms with Gasteiger partial charge in [0.25, 0.3) is 0 Å². The highest BCUT2D eigenvalue weighted by molar-refractivity contribution is 5.93. The molecule has 0 bridgehead atoms. The number of carbonyl (C=O) groups excluding carboxylic acids is 1. The fourth-order valence-electron chi connectivity index (χ4n) is 0.801. The largest absolute Gasteiger partial charge is 0.478 e. The van der Waals surface area contributed by atoms with Crippen LogP contribution in [-0.4, -0.2) is 36.7 Å². The van der Waals surface area contributed by atoms with Crippen LogP contribution in [-0.2, 0) is 14.3 Å². The minimum atomic E-state index is -1.13. The molecule has 0 radical (unpaired) electrons. The first-order valence-corrected chi connectivity index (χ1v) is 4.93. The summed E-state index contributed by atoms with van der Waals surface area (Å²) in [7, 11) is 0. The van der Waals surface area contributed by atoms with Crippen LogP contribution in [0.2, 0.25) is 0 Å². The van der Waals surface area contributed by atoms with Crippen molar-refractivity contribution in [1.82, 2.24) is 5.32 Å². The van der Waals surface area contributed by atoms with E-state index < -0.39 is 11.9 Å². The number of aliphatic carboxylic acids is 1. The van der Waals surface area contributed by atoms with Crippen LogP contribution in [0.1, 0.15) is 19.8 Å². The molecule has 5 heteroatoms. The van der Waals surface area contributed by atoms with E-state index in [4.69, 9.17) is 9.84 Å². The Hall–Kier alpha value is -1.36. The molecule has 0 rings (SSSR count). The lowest BCUT2D eigenvalue weighted by Gasteiger charge is -2.03. The molecule has 0 aromatic rings. The summed E-state index contributed by atoms with van der Waals surface area (Å²) in [5, 5.41) is 10.7. The number of hydrogen-bond acceptors (Lipinski definition) is 3. The minimum Gasteiger partial charge on any atom is -0.478 e. The van der Waals surface area contributed by atoms with Crippen LogP contribution in [0.5, 0.6) is 0 Å². The normalized spacial score (nSPS) is 10.5. The van der Waals surface area contributed by atoms with Crippen molar-refractivity contribution in [3.63, 3.8) is 0 Å². The molecule has 0 fully saturated rings. The maximum Gasteiger partial charge on any atom is 0.328 e. The monoisotopic (exact) mass is 215 g/mol. The van der Waals surface area contributed by atoms with E-state index in [1.807, 2.05) is 0 Å². The average molecular weight is 215 g/mol. The zero-order chi connectivity index (χ0) is 11.5. The van der Waals surface area contributed by atoms with Crippen molar-refractivity contribution >= 4 is 11.9 Å². The fraction of sp³-hybridized carbons (Fsp3) is 0.600. The summed E-state index contributed by atoms with van der Waals surface area (Å²) in [6.45, 7) is 3.61. The Bertz CT molecular complexity index is 225. The van der Waals surface area contributed by atoms with E-state index in [1.165, 1.54) is 0 Å². The molecule has 86 valence electrons. The Balaban J connectivity index is 3.35. The first kappa shape index (κ1) is 13.6. The highest BCUT2D eigenvalue weighted by Crippen LogP contribution is 1.86. The van der Waals surface area contributed by atoms with E-state index in [0.717, 1.165) is 25.0 Å². The lowest BCUT2D eigenvalue weighted by atomic mass is 10.4. The molecule has 0 aromatic heterocycles. The molecular formula is C10H17NO4. The SMILES string of the molecule is CCCCOCCNC(=O)C=CC(=O)O. The fourth-order valence-corrected chi connectivity index (χ4v) is 0.801. The molecule has 0 saturated carbocycles. The third kappa shape index (κ3) is 10.6. The van der Waals surface area contributed by atoms with Gasteiger partial charge in [-0.3, -0.25) is 4.79 Å². The first-order valence-electron chi connectivity index (χ1n) is 4.93. The number of amides is 1. The first-order chi connectivity index (χ1) is 7.16. The van der Waals surface area contributed by atoms with Gasteiger partial charge in [0.05, 0.1) is 6.61 Å². The molecule has 1 amide bonds. The highest BCUT2D eigenvalue weighted by atomic mass is 16.5. The van der Waals surface area contributed by atoms with Crippen molar-refractivity contribution in [3.8, 4) is 0 Å². The number of hydrogen-bond donors (Lipinski definition) is 2. The number of ether oxygens (including phenoxy) is 1. The number of nitrogens with one attached hydrogen (secondary N) is 1. The lowest BCUT2D eigenvalue weighted by Crippen LogP contribution is -2.25. The van der Waals surface area contributed by atoms with E-state index in [-0.39, 0.29) is 0 Å². The van der Waals surface area contributed by atoms with Crippen LogP contribution >= 0.6 is 0 Å². The Morgan fingerprint density at radius 3 is 2.67 bits per heavy atom. The van der Waals surface area contributed by atoms with Crippen molar-refractivity contribution in [1.29, 1.82) is 0 Å². The van der Waals surface area contributed by atoms with Crippen LogP contribution in [0.4, 0.5) is 0 Å². The van der Waals surface area contributed by atoms with Gasteiger partial charge in [-0.1, -0.05) is 13.3 Å². The molecule has 0 unspecified atom stereocenters. The summed E-state index contributed by atoms with van der Waals surface area (Å²) in [4.78, 5) is 21.0. The van der Waals surface area contributed by atoms with E-state index in [9.17, 15) is 9.59 Å². The van der Waals surface area contributed by atoms with Crippen LogP contribution in [0.15, 0.2) is 12.2 Å². The average Bonchev–Trinajstić information content (AvgIpc) is 2.20. The lowest BCUT2D eigenvalue weighted by molar-refractivity contribution is -0.131. The van der Waals surface area contributed by atoms with Gasteiger partial charge in [0.1, 0.15) is 0 Å². The second-order valence-corrected chi connectivity index (χ2v) is 2.93. The van der Waals surface area contributed by atoms with Gasteiger partial charge < -0.3 is 15.2 Å². The molecule has 0 saturated heterocycles. The van der Waals surface area contributed by atoms with Gasteiger partial charge in [-0.05, 0) is 6.42 Å². The summed E-state index contributed by atoms with van der Waals surface area (Å²) < 4.78 is 5.19. The molecule has 2 N–H and O–H groups in total.